The molecule has 0 aliphatic heterocycles. The van der Waals surface area contributed by atoms with E-state index < -0.39 is 15.2 Å². The van der Waals surface area contributed by atoms with Crippen LogP contribution in [0.2, 0.25) is 0 Å². The SMILES string of the molecule is Cl.Cl.Cl.Cl.NCCCN(CCCN)CCP(=O)(O)OCCCCCCCCCCCCCCOP(=O)(O)CCN(CCCN)CCCN. The quantitative estimate of drug-likeness (QED) is 0.0334. The molecule has 0 amide bonds. The maximum Gasteiger partial charge on any atom is 0.329 e. The summed E-state index contributed by atoms with van der Waals surface area (Å²) in [6, 6.07) is 0. The minimum atomic E-state index is -3.56. The summed E-state index contributed by atoms with van der Waals surface area (Å²) in [7, 11) is -7.12. The topological polar surface area (TPSA) is 204 Å². The van der Waals surface area contributed by atoms with E-state index in [4.69, 9.17) is 32.0 Å². The summed E-state index contributed by atoms with van der Waals surface area (Å²) in [6.07, 6.45) is 16.9. The molecule has 0 radical (unpaired) electrons. The Bertz CT molecular complexity index is 673. The van der Waals surface area contributed by atoms with Crippen LogP contribution in [0, 0.1) is 0 Å². The summed E-state index contributed by atoms with van der Waals surface area (Å²) in [4.78, 5) is 24.6. The average Bonchev–Trinajstić information content (AvgIpc) is 3.00. The maximum absolute atomic E-state index is 12.4. The third kappa shape index (κ3) is 40.0. The van der Waals surface area contributed by atoms with Gasteiger partial charge in [-0.05, 0) is 90.9 Å². The summed E-state index contributed by atoms with van der Waals surface area (Å²) >= 11 is 0. The van der Waals surface area contributed by atoms with Crippen LogP contribution in [0.1, 0.15) is 103 Å². The first-order valence-electron chi connectivity index (χ1n) is 17.4. The lowest BCUT2D eigenvalue weighted by Gasteiger charge is -2.23. The monoisotopic (exact) mass is 816 g/mol. The van der Waals surface area contributed by atoms with Gasteiger partial charge in [0.1, 0.15) is 0 Å². The van der Waals surface area contributed by atoms with Crippen LogP contribution in [0.5, 0.6) is 0 Å². The lowest BCUT2D eigenvalue weighted by molar-refractivity contribution is 0.237. The van der Waals surface area contributed by atoms with Crippen molar-refractivity contribution in [2.24, 2.45) is 22.9 Å². The fourth-order valence-electron chi connectivity index (χ4n) is 4.98. The summed E-state index contributed by atoms with van der Waals surface area (Å²) in [5.41, 5.74) is 22.4. The molecule has 0 spiro atoms. The van der Waals surface area contributed by atoms with Gasteiger partial charge in [-0.25, -0.2) is 0 Å². The Morgan fingerprint density at radius 2 is 0.625 bits per heavy atom. The zero-order chi connectivity index (χ0) is 32.8. The van der Waals surface area contributed by atoms with E-state index in [-0.39, 0.29) is 62.0 Å². The number of nitrogens with zero attached hydrogens (tertiary/aromatic N) is 2. The van der Waals surface area contributed by atoms with Gasteiger partial charge < -0.3 is 51.6 Å². The molecule has 0 bridgehead atoms. The van der Waals surface area contributed by atoms with Crippen molar-refractivity contribution in [3.63, 3.8) is 0 Å². The van der Waals surface area contributed by atoms with Gasteiger partial charge in [-0.15, -0.1) is 49.6 Å². The van der Waals surface area contributed by atoms with E-state index in [0.717, 1.165) is 90.4 Å². The summed E-state index contributed by atoms with van der Waals surface area (Å²) < 4.78 is 35.4. The smallest absolute Gasteiger partial charge is 0.329 e. The lowest BCUT2D eigenvalue weighted by Crippen LogP contribution is -2.31. The second-order valence-electron chi connectivity index (χ2n) is 11.9. The molecule has 0 aromatic carbocycles. The number of hydrogen-bond acceptors (Lipinski definition) is 10. The molecule has 48 heavy (non-hydrogen) atoms. The van der Waals surface area contributed by atoms with Crippen molar-refractivity contribution < 1.29 is 28.0 Å². The molecule has 10 N–H and O–H groups in total. The molecule has 0 aromatic rings. The van der Waals surface area contributed by atoms with Gasteiger partial charge in [0.15, 0.2) is 0 Å². The fourth-order valence-corrected chi connectivity index (χ4v) is 7.14. The molecule has 0 fully saturated rings. The van der Waals surface area contributed by atoms with Crippen LogP contribution in [0.15, 0.2) is 0 Å². The van der Waals surface area contributed by atoms with Crippen LogP contribution in [0.3, 0.4) is 0 Å². The summed E-state index contributed by atoms with van der Waals surface area (Å²) in [5.74, 6) is 0. The second-order valence-corrected chi connectivity index (χ2v) is 15.8. The van der Waals surface area contributed by atoms with Gasteiger partial charge in [-0.2, -0.15) is 0 Å². The number of rotatable bonds is 35. The Labute approximate surface area is 318 Å². The van der Waals surface area contributed by atoms with Gasteiger partial charge in [0.2, 0.25) is 0 Å². The van der Waals surface area contributed by atoms with Gasteiger partial charge in [-0.1, -0.05) is 64.2 Å². The standard InChI is InChI=1S/C30H70N6O6P2.4ClH/c31-17-13-21-35(22-14-18-32)25-29-43(37,38)41-27-11-9-7-5-3-1-2-4-6-8-10-12-28-42-44(39,40)30-26-36(23-15-19-33)24-16-20-34;;;;/h1-34H2,(H,37,38)(H,39,40);4*1H. The highest BCUT2D eigenvalue weighted by molar-refractivity contribution is 7.53. The number of halogens is 4. The Morgan fingerprint density at radius 1 is 0.396 bits per heavy atom. The Morgan fingerprint density at radius 3 is 0.854 bits per heavy atom. The number of nitrogens with two attached hydrogens (primary N) is 4. The van der Waals surface area contributed by atoms with E-state index in [0.29, 0.717) is 52.5 Å². The van der Waals surface area contributed by atoms with Crippen molar-refractivity contribution in [2.75, 3.05) is 91.0 Å². The molecule has 2 atom stereocenters. The average molecular weight is 819 g/mol. The molecule has 0 saturated heterocycles. The zero-order valence-electron chi connectivity index (χ0n) is 29.5. The lowest BCUT2D eigenvalue weighted by atomic mass is 10.1. The highest BCUT2D eigenvalue weighted by Crippen LogP contribution is 2.42. The first-order valence-corrected chi connectivity index (χ1v) is 20.9. The van der Waals surface area contributed by atoms with E-state index >= 15 is 0 Å². The van der Waals surface area contributed by atoms with Crippen LogP contribution in [-0.4, -0.2) is 111 Å². The first kappa shape index (κ1) is 58.5. The van der Waals surface area contributed by atoms with Crippen LogP contribution in [0.4, 0.5) is 0 Å². The molecule has 0 rings (SSSR count). The summed E-state index contributed by atoms with van der Waals surface area (Å²) in [5, 5.41) is 0. The van der Waals surface area contributed by atoms with E-state index in [1.165, 1.54) is 38.5 Å². The third-order valence-electron chi connectivity index (χ3n) is 7.74. The van der Waals surface area contributed by atoms with Crippen molar-refractivity contribution in [2.45, 2.75) is 103 Å². The van der Waals surface area contributed by atoms with Crippen molar-refractivity contribution in [1.29, 1.82) is 0 Å². The van der Waals surface area contributed by atoms with E-state index in [1.807, 2.05) is 0 Å². The predicted molar refractivity (Wildman–Crippen MR) is 213 cm³/mol. The molecular formula is C30H74Cl4N6O6P2. The zero-order valence-corrected chi connectivity index (χ0v) is 34.5. The highest BCUT2D eigenvalue weighted by atomic mass is 35.5. The highest BCUT2D eigenvalue weighted by Gasteiger charge is 2.21. The van der Waals surface area contributed by atoms with Crippen molar-refractivity contribution in [3.05, 3.63) is 0 Å². The molecule has 18 heteroatoms. The minimum Gasteiger partial charge on any atom is -0.330 e. The number of hydrogen-bond donors (Lipinski definition) is 6. The van der Waals surface area contributed by atoms with Crippen LogP contribution in [-0.2, 0) is 18.2 Å². The van der Waals surface area contributed by atoms with Gasteiger partial charge in [0.25, 0.3) is 0 Å². The third-order valence-corrected chi connectivity index (χ3v) is 10.4. The fraction of sp³-hybridized carbons (Fsp3) is 1.00. The van der Waals surface area contributed by atoms with Crippen molar-refractivity contribution >= 4 is 64.8 Å². The van der Waals surface area contributed by atoms with Crippen LogP contribution in [0.25, 0.3) is 0 Å². The van der Waals surface area contributed by atoms with Crippen LogP contribution >= 0.6 is 64.8 Å². The van der Waals surface area contributed by atoms with E-state index in [2.05, 4.69) is 9.80 Å². The van der Waals surface area contributed by atoms with Gasteiger partial charge in [0.05, 0.1) is 25.5 Å². The Kier molecular flexibility index (Phi) is 50.0. The van der Waals surface area contributed by atoms with E-state index in [9.17, 15) is 18.9 Å². The van der Waals surface area contributed by atoms with E-state index in [1.54, 1.807) is 0 Å². The summed E-state index contributed by atoms with van der Waals surface area (Å²) in [6.45, 7) is 7.42. The minimum absolute atomic E-state index is 0. The van der Waals surface area contributed by atoms with Gasteiger partial charge >= 0.3 is 15.2 Å². The molecule has 12 nitrogen and oxygen atoms in total. The van der Waals surface area contributed by atoms with Crippen LogP contribution < -0.4 is 22.9 Å². The molecule has 0 aromatic heterocycles. The molecule has 298 valence electrons. The molecular weight excluding hydrogens is 744 g/mol. The number of unbranched alkanes of at least 4 members (excludes halogenated alkanes) is 11. The first-order chi connectivity index (χ1) is 21.2. The maximum atomic E-state index is 12.4. The van der Waals surface area contributed by atoms with Gasteiger partial charge in [-0.3, -0.25) is 9.13 Å². The Balaban J connectivity index is -0.00000154. The predicted octanol–water partition coefficient (Wildman–Crippen LogP) is 5.76. The molecule has 0 aliphatic rings. The molecule has 0 saturated carbocycles. The largest absolute Gasteiger partial charge is 0.330 e. The second kappa shape index (κ2) is 41.0. The van der Waals surface area contributed by atoms with Gasteiger partial charge in [0, 0.05) is 13.1 Å². The Hall–Kier alpha value is 1.22. The van der Waals surface area contributed by atoms with Crippen molar-refractivity contribution in [1.82, 2.24) is 9.80 Å². The van der Waals surface area contributed by atoms with Crippen molar-refractivity contribution in [3.8, 4) is 0 Å². The molecule has 2 unspecified atom stereocenters. The molecule has 0 aliphatic carbocycles. The normalized spacial score (nSPS) is 13.6. The molecule has 0 heterocycles.